The van der Waals surface area contributed by atoms with Crippen molar-refractivity contribution in [3.63, 3.8) is 0 Å². The van der Waals surface area contributed by atoms with Gasteiger partial charge in [-0.1, -0.05) is 30.9 Å². The molecule has 2 rings (SSSR count). The standard InChI is InChI=1S/C15H19ClN2O3/c1-10(21-15(20)11-5-3-2-4-6-11)14(19)18-13-8-7-12(16)9-17-13/h7-11H,2-6H2,1H3,(H,17,18,19). The molecular weight excluding hydrogens is 292 g/mol. The number of nitrogens with one attached hydrogen (secondary N) is 1. The summed E-state index contributed by atoms with van der Waals surface area (Å²) in [5.41, 5.74) is 0. The molecule has 0 bridgehead atoms. The highest BCUT2D eigenvalue weighted by Crippen LogP contribution is 2.25. The first kappa shape index (κ1) is 15.8. The monoisotopic (exact) mass is 310 g/mol. The number of rotatable bonds is 4. The van der Waals surface area contributed by atoms with Crippen molar-refractivity contribution in [3.8, 4) is 0 Å². The van der Waals surface area contributed by atoms with E-state index in [1.165, 1.54) is 12.6 Å². The molecule has 5 nitrogen and oxygen atoms in total. The summed E-state index contributed by atoms with van der Waals surface area (Å²) < 4.78 is 5.24. The van der Waals surface area contributed by atoms with Crippen molar-refractivity contribution in [2.45, 2.75) is 45.1 Å². The molecule has 1 heterocycles. The first-order chi connectivity index (χ1) is 10.1. The van der Waals surface area contributed by atoms with Gasteiger partial charge >= 0.3 is 5.97 Å². The third kappa shape index (κ3) is 4.70. The van der Waals surface area contributed by atoms with Crippen LogP contribution in [0.4, 0.5) is 5.82 Å². The van der Waals surface area contributed by atoms with Crippen molar-refractivity contribution >= 4 is 29.3 Å². The molecule has 1 aromatic rings. The quantitative estimate of drug-likeness (QED) is 0.867. The molecular formula is C15H19ClN2O3. The van der Waals surface area contributed by atoms with Crippen LogP contribution in [0.25, 0.3) is 0 Å². The molecule has 1 amide bonds. The number of esters is 1. The van der Waals surface area contributed by atoms with Crippen LogP contribution in [0, 0.1) is 5.92 Å². The van der Waals surface area contributed by atoms with E-state index in [1.54, 1.807) is 19.1 Å². The Morgan fingerprint density at radius 2 is 2.05 bits per heavy atom. The van der Waals surface area contributed by atoms with Gasteiger partial charge in [-0.05, 0) is 31.9 Å². The van der Waals surface area contributed by atoms with Crippen LogP contribution in [0.2, 0.25) is 5.02 Å². The zero-order valence-electron chi connectivity index (χ0n) is 12.0. The Labute approximate surface area is 129 Å². The number of halogens is 1. The fraction of sp³-hybridized carbons (Fsp3) is 0.533. The van der Waals surface area contributed by atoms with Crippen molar-refractivity contribution in [1.82, 2.24) is 4.98 Å². The molecule has 1 fully saturated rings. The summed E-state index contributed by atoms with van der Waals surface area (Å²) >= 11 is 5.72. The molecule has 0 saturated heterocycles. The maximum atomic E-state index is 12.0. The van der Waals surface area contributed by atoms with E-state index in [0.29, 0.717) is 10.8 Å². The zero-order chi connectivity index (χ0) is 15.2. The lowest BCUT2D eigenvalue weighted by Gasteiger charge is -2.22. The van der Waals surface area contributed by atoms with Crippen LogP contribution < -0.4 is 5.32 Å². The van der Waals surface area contributed by atoms with Gasteiger partial charge in [-0.15, -0.1) is 0 Å². The Hall–Kier alpha value is -1.62. The number of hydrogen-bond donors (Lipinski definition) is 1. The molecule has 1 aromatic heterocycles. The van der Waals surface area contributed by atoms with Crippen molar-refractivity contribution in [3.05, 3.63) is 23.4 Å². The molecule has 21 heavy (non-hydrogen) atoms. The smallest absolute Gasteiger partial charge is 0.309 e. The van der Waals surface area contributed by atoms with Crippen LogP contribution in [-0.4, -0.2) is 23.0 Å². The Balaban J connectivity index is 1.84. The van der Waals surface area contributed by atoms with Gasteiger partial charge in [-0.2, -0.15) is 0 Å². The lowest BCUT2D eigenvalue weighted by molar-refractivity contribution is -0.158. The van der Waals surface area contributed by atoms with Crippen LogP contribution in [-0.2, 0) is 14.3 Å². The second kappa shape index (κ2) is 7.41. The molecule has 0 aromatic carbocycles. The molecule has 0 spiro atoms. The SMILES string of the molecule is CC(OC(=O)C1CCCCC1)C(=O)Nc1ccc(Cl)cn1. The third-order valence-electron chi connectivity index (χ3n) is 3.58. The molecule has 6 heteroatoms. The summed E-state index contributed by atoms with van der Waals surface area (Å²) in [7, 11) is 0. The molecule has 1 N–H and O–H groups in total. The van der Waals surface area contributed by atoms with Crippen molar-refractivity contribution in [2.24, 2.45) is 5.92 Å². The van der Waals surface area contributed by atoms with Gasteiger partial charge in [0.15, 0.2) is 6.10 Å². The van der Waals surface area contributed by atoms with Gasteiger partial charge in [0.2, 0.25) is 0 Å². The van der Waals surface area contributed by atoms with Gasteiger partial charge in [-0.3, -0.25) is 9.59 Å². The van der Waals surface area contributed by atoms with Crippen LogP contribution in [0.15, 0.2) is 18.3 Å². The largest absolute Gasteiger partial charge is 0.452 e. The van der Waals surface area contributed by atoms with Crippen molar-refractivity contribution < 1.29 is 14.3 Å². The highest BCUT2D eigenvalue weighted by Gasteiger charge is 2.26. The summed E-state index contributed by atoms with van der Waals surface area (Å²) in [5, 5.41) is 3.08. The zero-order valence-corrected chi connectivity index (χ0v) is 12.7. The number of anilines is 1. The minimum atomic E-state index is -0.836. The van der Waals surface area contributed by atoms with Crippen LogP contribution >= 0.6 is 11.6 Å². The Morgan fingerprint density at radius 1 is 1.33 bits per heavy atom. The number of aromatic nitrogens is 1. The highest BCUT2D eigenvalue weighted by molar-refractivity contribution is 6.30. The lowest BCUT2D eigenvalue weighted by atomic mass is 9.89. The van der Waals surface area contributed by atoms with Gasteiger partial charge in [-0.25, -0.2) is 4.98 Å². The fourth-order valence-corrected chi connectivity index (χ4v) is 2.45. The molecule has 114 valence electrons. The van der Waals surface area contributed by atoms with Crippen LogP contribution in [0.3, 0.4) is 0 Å². The average Bonchev–Trinajstić information content (AvgIpc) is 2.50. The minimum absolute atomic E-state index is 0.0670. The average molecular weight is 311 g/mol. The Morgan fingerprint density at radius 3 is 2.67 bits per heavy atom. The van der Waals surface area contributed by atoms with Crippen molar-refractivity contribution in [2.75, 3.05) is 5.32 Å². The number of pyridine rings is 1. The molecule has 1 saturated carbocycles. The summed E-state index contributed by atoms with van der Waals surface area (Å²) in [5.74, 6) is -0.358. The van der Waals surface area contributed by atoms with E-state index in [9.17, 15) is 9.59 Å². The first-order valence-corrected chi connectivity index (χ1v) is 7.57. The second-order valence-electron chi connectivity index (χ2n) is 5.26. The van der Waals surface area contributed by atoms with Gasteiger partial charge < -0.3 is 10.1 Å². The summed E-state index contributed by atoms with van der Waals surface area (Å²) in [6.45, 7) is 1.56. The number of nitrogens with zero attached hydrogens (tertiary/aromatic N) is 1. The van der Waals surface area contributed by atoms with E-state index in [1.807, 2.05) is 0 Å². The van der Waals surface area contributed by atoms with Gasteiger partial charge in [0.05, 0.1) is 10.9 Å². The Bertz CT molecular complexity index is 498. The van der Waals surface area contributed by atoms with E-state index in [4.69, 9.17) is 16.3 Å². The van der Waals surface area contributed by atoms with Gasteiger partial charge in [0, 0.05) is 6.20 Å². The minimum Gasteiger partial charge on any atom is -0.452 e. The maximum Gasteiger partial charge on any atom is 0.309 e. The topological polar surface area (TPSA) is 68.3 Å². The Kier molecular flexibility index (Phi) is 5.56. The van der Waals surface area contributed by atoms with Gasteiger partial charge in [0.1, 0.15) is 5.82 Å². The van der Waals surface area contributed by atoms with Crippen molar-refractivity contribution in [1.29, 1.82) is 0 Å². The molecule has 1 unspecified atom stereocenters. The lowest BCUT2D eigenvalue weighted by Crippen LogP contribution is -2.33. The van der Waals surface area contributed by atoms with E-state index >= 15 is 0 Å². The molecule has 1 aliphatic rings. The number of carbonyl (C=O) groups excluding carboxylic acids is 2. The molecule has 1 aliphatic carbocycles. The predicted molar refractivity (Wildman–Crippen MR) is 80.0 cm³/mol. The third-order valence-corrected chi connectivity index (χ3v) is 3.80. The number of hydrogen-bond acceptors (Lipinski definition) is 4. The number of amides is 1. The first-order valence-electron chi connectivity index (χ1n) is 7.19. The molecule has 1 atom stereocenters. The highest BCUT2D eigenvalue weighted by atomic mass is 35.5. The fourth-order valence-electron chi connectivity index (χ4n) is 2.34. The summed E-state index contributed by atoms with van der Waals surface area (Å²) in [4.78, 5) is 27.9. The summed E-state index contributed by atoms with van der Waals surface area (Å²) in [6.07, 6.45) is 5.58. The molecule has 0 aliphatic heterocycles. The van der Waals surface area contributed by atoms with Gasteiger partial charge in [0.25, 0.3) is 5.91 Å². The van der Waals surface area contributed by atoms with E-state index in [2.05, 4.69) is 10.3 Å². The number of carbonyl (C=O) groups is 2. The molecule has 0 radical (unpaired) electrons. The second-order valence-corrected chi connectivity index (χ2v) is 5.70. The predicted octanol–water partition coefficient (Wildman–Crippen LogP) is 3.19. The van der Waals surface area contributed by atoms with Crippen LogP contribution in [0.5, 0.6) is 0 Å². The maximum absolute atomic E-state index is 12.0. The van der Waals surface area contributed by atoms with Crippen LogP contribution in [0.1, 0.15) is 39.0 Å². The number of ether oxygens (including phenoxy) is 1. The summed E-state index contributed by atoms with van der Waals surface area (Å²) in [6, 6.07) is 3.22. The normalized spacial score (nSPS) is 17.0. The van der Waals surface area contributed by atoms with E-state index < -0.39 is 12.0 Å². The van der Waals surface area contributed by atoms with E-state index in [-0.39, 0.29) is 11.9 Å². The van der Waals surface area contributed by atoms with E-state index in [0.717, 1.165) is 25.7 Å².